The first kappa shape index (κ1) is 17.7. The van der Waals surface area contributed by atoms with E-state index in [9.17, 15) is 9.90 Å². The Morgan fingerprint density at radius 2 is 2.04 bits per heavy atom. The molecule has 1 fully saturated rings. The molecular weight excluding hydrogens is 346 g/mol. The van der Waals surface area contributed by atoms with Gasteiger partial charge in [-0.1, -0.05) is 18.2 Å². The number of carboxylic acids is 1. The second-order valence-electron chi connectivity index (χ2n) is 6.75. The molecule has 2 atom stereocenters. The monoisotopic (exact) mass is 369 g/mol. The highest BCUT2D eigenvalue weighted by Crippen LogP contribution is 2.40. The number of benzene rings is 2. The van der Waals surface area contributed by atoms with Crippen LogP contribution < -0.4 is 14.2 Å². The van der Waals surface area contributed by atoms with E-state index in [0.29, 0.717) is 18.8 Å². The molecule has 6 nitrogen and oxygen atoms in total. The molecule has 2 aliphatic rings. The van der Waals surface area contributed by atoms with Crippen molar-refractivity contribution in [2.24, 2.45) is 0 Å². The standard InChI is InChI=1S/C21H23NO5/c1-2-25-16-6-3-5-14(11-16)20(22-10-4-7-17(22)21(23)24)15-8-9-18-19(12-15)27-13-26-18/h3,5-6,8-9,11-12,17,20H,2,4,7,10,13H2,1H3,(H,23,24). The van der Waals surface area contributed by atoms with Crippen molar-refractivity contribution in [1.82, 2.24) is 4.90 Å². The number of rotatable bonds is 6. The number of carboxylic acid groups (broad SMARTS) is 1. The highest BCUT2D eigenvalue weighted by molar-refractivity contribution is 5.74. The summed E-state index contributed by atoms with van der Waals surface area (Å²) in [5, 5.41) is 9.71. The van der Waals surface area contributed by atoms with E-state index in [2.05, 4.69) is 4.90 Å². The van der Waals surface area contributed by atoms with Crippen LogP contribution >= 0.6 is 0 Å². The van der Waals surface area contributed by atoms with Crippen molar-refractivity contribution in [3.63, 3.8) is 0 Å². The van der Waals surface area contributed by atoms with Crippen molar-refractivity contribution >= 4 is 5.97 Å². The molecule has 1 saturated heterocycles. The Hall–Kier alpha value is -2.73. The first-order chi connectivity index (χ1) is 13.2. The van der Waals surface area contributed by atoms with Gasteiger partial charge in [0, 0.05) is 6.54 Å². The molecule has 6 heteroatoms. The van der Waals surface area contributed by atoms with E-state index in [4.69, 9.17) is 14.2 Å². The zero-order valence-electron chi connectivity index (χ0n) is 15.3. The lowest BCUT2D eigenvalue weighted by Crippen LogP contribution is -2.39. The first-order valence-electron chi connectivity index (χ1n) is 9.28. The summed E-state index contributed by atoms with van der Waals surface area (Å²) >= 11 is 0. The van der Waals surface area contributed by atoms with Crippen LogP contribution in [0.3, 0.4) is 0 Å². The zero-order chi connectivity index (χ0) is 18.8. The van der Waals surface area contributed by atoms with Crippen LogP contribution in [0.2, 0.25) is 0 Å². The Morgan fingerprint density at radius 3 is 2.85 bits per heavy atom. The number of nitrogens with zero attached hydrogens (tertiary/aromatic N) is 1. The molecule has 2 aliphatic heterocycles. The van der Waals surface area contributed by atoms with E-state index in [0.717, 1.165) is 35.6 Å². The van der Waals surface area contributed by atoms with Gasteiger partial charge < -0.3 is 19.3 Å². The molecule has 0 aromatic heterocycles. The smallest absolute Gasteiger partial charge is 0.320 e. The van der Waals surface area contributed by atoms with Crippen molar-refractivity contribution in [2.75, 3.05) is 19.9 Å². The van der Waals surface area contributed by atoms with Gasteiger partial charge >= 0.3 is 5.97 Å². The second-order valence-corrected chi connectivity index (χ2v) is 6.75. The highest BCUT2D eigenvalue weighted by Gasteiger charge is 2.37. The minimum absolute atomic E-state index is 0.191. The molecule has 2 heterocycles. The molecule has 0 radical (unpaired) electrons. The molecule has 4 rings (SSSR count). The van der Waals surface area contributed by atoms with Gasteiger partial charge in [0.05, 0.1) is 12.6 Å². The predicted octanol–water partition coefficient (Wildman–Crippen LogP) is 3.45. The number of ether oxygens (including phenoxy) is 3. The molecule has 0 bridgehead atoms. The number of fused-ring (bicyclic) bond motifs is 1. The number of hydrogen-bond acceptors (Lipinski definition) is 5. The zero-order valence-corrected chi connectivity index (χ0v) is 15.3. The number of aliphatic carboxylic acids is 1. The van der Waals surface area contributed by atoms with Gasteiger partial charge in [-0.2, -0.15) is 0 Å². The summed E-state index contributed by atoms with van der Waals surface area (Å²) in [6.07, 6.45) is 1.52. The summed E-state index contributed by atoms with van der Waals surface area (Å²) in [4.78, 5) is 13.9. The van der Waals surface area contributed by atoms with E-state index in [1.807, 2.05) is 49.4 Å². The van der Waals surface area contributed by atoms with E-state index in [1.54, 1.807) is 0 Å². The minimum atomic E-state index is -0.779. The average Bonchev–Trinajstić information content (AvgIpc) is 3.31. The lowest BCUT2D eigenvalue weighted by molar-refractivity contribution is -0.142. The van der Waals surface area contributed by atoms with Crippen molar-refractivity contribution in [3.05, 3.63) is 53.6 Å². The van der Waals surface area contributed by atoms with Crippen LogP contribution in [0, 0.1) is 0 Å². The molecule has 0 aliphatic carbocycles. The quantitative estimate of drug-likeness (QED) is 0.841. The van der Waals surface area contributed by atoms with Crippen molar-refractivity contribution in [3.8, 4) is 17.2 Å². The normalized spacial score (nSPS) is 19.8. The SMILES string of the molecule is CCOc1cccc(C(c2ccc3c(c2)OCO3)N2CCCC2C(=O)O)c1. The maximum absolute atomic E-state index is 11.8. The molecule has 1 N–H and O–H groups in total. The van der Waals surface area contributed by atoms with Gasteiger partial charge in [0.1, 0.15) is 11.8 Å². The van der Waals surface area contributed by atoms with Gasteiger partial charge in [-0.25, -0.2) is 0 Å². The van der Waals surface area contributed by atoms with Gasteiger partial charge in [0.2, 0.25) is 6.79 Å². The predicted molar refractivity (Wildman–Crippen MR) is 99.4 cm³/mol. The number of hydrogen-bond donors (Lipinski definition) is 1. The molecular formula is C21H23NO5. The Balaban J connectivity index is 1.78. The van der Waals surface area contributed by atoms with Crippen molar-refractivity contribution in [2.45, 2.75) is 31.8 Å². The highest BCUT2D eigenvalue weighted by atomic mass is 16.7. The van der Waals surface area contributed by atoms with Gasteiger partial charge in [0.15, 0.2) is 11.5 Å². The first-order valence-corrected chi connectivity index (χ1v) is 9.28. The van der Waals surface area contributed by atoms with Crippen LogP contribution in [0.25, 0.3) is 0 Å². The molecule has 0 amide bonds. The molecule has 27 heavy (non-hydrogen) atoms. The van der Waals surface area contributed by atoms with E-state index in [-0.39, 0.29) is 12.8 Å². The number of carbonyl (C=O) groups is 1. The lowest BCUT2D eigenvalue weighted by Gasteiger charge is -2.32. The summed E-state index contributed by atoms with van der Waals surface area (Å²) in [6.45, 7) is 3.47. The fourth-order valence-corrected chi connectivity index (χ4v) is 3.96. The summed E-state index contributed by atoms with van der Waals surface area (Å²) in [7, 11) is 0. The van der Waals surface area contributed by atoms with Crippen LogP contribution in [-0.4, -0.2) is 42.0 Å². The maximum Gasteiger partial charge on any atom is 0.320 e. The largest absolute Gasteiger partial charge is 0.494 e. The fourth-order valence-electron chi connectivity index (χ4n) is 3.96. The Kier molecular flexibility index (Phi) is 4.90. The van der Waals surface area contributed by atoms with Crippen molar-refractivity contribution < 1.29 is 24.1 Å². The summed E-state index contributed by atoms with van der Waals surface area (Å²) in [5.74, 6) is 1.42. The van der Waals surface area contributed by atoms with Crippen LogP contribution in [-0.2, 0) is 4.79 Å². The lowest BCUT2D eigenvalue weighted by atomic mass is 9.95. The third kappa shape index (κ3) is 3.45. The van der Waals surface area contributed by atoms with E-state index >= 15 is 0 Å². The topological polar surface area (TPSA) is 68.2 Å². The molecule has 0 spiro atoms. The third-order valence-corrected chi connectivity index (χ3v) is 5.11. The van der Waals surface area contributed by atoms with E-state index < -0.39 is 12.0 Å². The van der Waals surface area contributed by atoms with Gasteiger partial charge in [-0.15, -0.1) is 0 Å². The Morgan fingerprint density at radius 1 is 1.22 bits per heavy atom. The molecule has 0 saturated carbocycles. The minimum Gasteiger partial charge on any atom is -0.494 e. The molecule has 2 aromatic rings. The molecule has 2 unspecified atom stereocenters. The second kappa shape index (κ2) is 7.48. The Labute approximate surface area is 158 Å². The van der Waals surface area contributed by atoms with E-state index in [1.165, 1.54) is 0 Å². The van der Waals surface area contributed by atoms with Crippen molar-refractivity contribution in [1.29, 1.82) is 0 Å². The molecule has 142 valence electrons. The summed E-state index contributed by atoms with van der Waals surface area (Å²) < 4.78 is 16.6. The summed E-state index contributed by atoms with van der Waals surface area (Å²) in [6, 6.07) is 13.0. The van der Waals surface area contributed by atoms with Gasteiger partial charge in [-0.05, 0) is 55.2 Å². The van der Waals surface area contributed by atoms with Crippen LogP contribution in [0.5, 0.6) is 17.2 Å². The number of likely N-dealkylation sites (tertiary alicyclic amines) is 1. The Bertz CT molecular complexity index is 837. The maximum atomic E-state index is 11.8. The van der Waals surface area contributed by atoms with Crippen LogP contribution in [0.4, 0.5) is 0 Å². The third-order valence-electron chi connectivity index (χ3n) is 5.11. The van der Waals surface area contributed by atoms with Crippen LogP contribution in [0.15, 0.2) is 42.5 Å². The van der Waals surface area contributed by atoms with Gasteiger partial charge in [-0.3, -0.25) is 9.69 Å². The summed E-state index contributed by atoms with van der Waals surface area (Å²) in [5.41, 5.74) is 1.99. The van der Waals surface area contributed by atoms with Crippen LogP contribution in [0.1, 0.15) is 36.9 Å². The fraction of sp³-hybridized carbons (Fsp3) is 0.381. The molecule has 2 aromatic carbocycles. The van der Waals surface area contributed by atoms with Gasteiger partial charge in [0.25, 0.3) is 0 Å². The average molecular weight is 369 g/mol.